The van der Waals surface area contributed by atoms with Gasteiger partial charge in [-0.2, -0.15) is 0 Å². The first kappa shape index (κ1) is 13.6. The number of carboxylic acid groups (broad SMARTS) is 1. The fraction of sp³-hybridized carbons (Fsp3) is 0.500. The molecule has 0 amide bonds. The molecule has 0 saturated heterocycles. The number of rotatable bonds is 2. The molecule has 0 radical (unpaired) electrons. The zero-order valence-corrected chi connectivity index (χ0v) is 10.9. The van der Waals surface area contributed by atoms with E-state index in [1.807, 2.05) is 20.8 Å². The van der Waals surface area contributed by atoms with Gasteiger partial charge in [-0.15, -0.1) is 0 Å². The van der Waals surface area contributed by atoms with Gasteiger partial charge in [0.05, 0.1) is 5.69 Å². The first-order valence-corrected chi connectivity index (χ1v) is 6.74. The second kappa shape index (κ2) is 4.06. The predicted octanol–water partition coefficient (Wildman–Crippen LogP) is 0.876. The maximum Gasteiger partial charge on any atom is 0.373 e. The maximum atomic E-state index is 11.4. The van der Waals surface area contributed by atoms with E-state index < -0.39 is 27.0 Å². The van der Waals surface area contributed by atoms with Crippen LogP contribution in [0.15, 0.2) is 11.1 Å². The van der Waals surface area contributed by atoms with Crippen LogP contribution in [0.1, 0.15) is 37.1 Å². The Bertz CT molecular complexity index is 558. The monoisotopic (exact) mass is 258 g/mol. The Hall–Kier alpha value is -1.50. The van der Waals surface area contributed by atoms with Crippen molar-refractivity contribution in [3.63, 3.8) is 0 Å². The fourth-order valence-electron chi connectivity index (χ4n) is 1.09. The largest absolute Gasteiger partial charge is 0.475 e. The molecular weight excluding hydrogens is 244 g/mol. The van der Waals surface area contributed by atoms with E-state index in [9.17, 15) is 13.2 Å². The van der Waals surface area contributed by atoms with E-state index in [1.54, 1.807) is 0 Å². The third kappa shape index (κ3) is 3.23. The summed E-state index contributed by atoms with van der Waals surface area (Å²) >= 11 is 0. The van der Waals surface area contributed by atoms with Gasteiger partial charge in [-0.25, -0.2) is 23.2 Å². The van der Waals surface area contributed by atoms with Gasteiger partial charge in [0.25, 0.3) is 0 Å². The topological polar surface area (TPSA) is 97.2 Å². The van der Waals surface area contributed by atoms with Gasteiger partial charge < -0.3 is 5.11 Å². The van der Waals surface area contributed by atoms with Crippen molar-refractivity contribution in [1.29, 1.82) is 0 Å². The Kier molecular flexibility index (Phi) is 3.24. The molecule has 0 aliphatic rings. The van der Waals surface area contributed by atoms with Gasteiger partial charge in [0.2, 0.25) is 5.82 Å². The van der Waals surface area contributed by atoms with Gasteiger partial charge in [-0.1, -0.05) is 20.8 Å². The molecule has 1 rings (SSSR count). The predicted molar refractivity (Wildman–Crippen MR) is 60.8 cm³/mol. The molecule has 0 bridgehead atoms. The van der Waals surface area contributed by atoms with Crippen LogP contribution in [0, 0.1) is 0 Å². The van der Waals surface area contributed by atoms with Crippen molar-refractivity contribution in [1.82, 2.24) is 9.97 Å². The molecule has 6 nitrogen and oxygen atoms in total. The highest BCUT2D eigenvalue weighted by Gasteiger charge is 2.23. The molecule has 0 fully saturated rings. The van der Waals surface area contributed by atoms with Gasteiger partial charge in [0.1, 0.15) is 0 Å². The lowest BCUT2D eigenvalue weighted by Crippen LogP contribution is -2.19. The number of sulfone groups is 1. The number of hydrogen-bond donors (Lipinski definition) is 1. The molecule has 17 heavy (non-hydrogen) atoms. The number of aromatic carboxylic acids is 1. The van der Waals surface area contributed by atoms with E-state index in [0.717, 1.165) is 6.26 Å². The Morgan fingerprint density at radius 2 is 1.82 bits per heavy atom. The molecular formula is C10H14N2O4S. The molecule has 0 atom stereocenters. The summed E-state index contributed by atoms with van der Waals surface area (Å²) in [7, 11) is -3.56. The summed E-state index contributed by atoms with van der Waals surface area (Å²) in [6.07, 6.45) is 0.980. The van der Waals surface area contributed by atoms with Crippen LogP contribution in [0.2, 0.25) is 0 Å². The lowest BCUT2D eigenvalue weighted by molar-refractivity contribution is 0.0682. The van der Waals surface area contributed by atoms with Gasteiger partial charge in [-0.3, -0.25) is 0 Å². The summed E-state index contributed by atoms with van der Waals surface area (Å²) in [5, 5.41) is 8.58. The van der Waals surface area contributed by atoms with E-state index in [1.165, 1.54) is 6.07 Å². The van der Waals surface area contributed by atoms with Crippen LogP contribution in [-0.4, -0.2) is 35.7 Å². The quantitative estimate of drug-likeness (QED) is 0.791. The van der Waals surface area contributed by atoms with Crippen LogP contribution in [0.3, 0.4) is 0 Å². The molecule has 0 saturated carbocycles. The van der Waals surface area contributed by atoms with E-state index in [0.29, 0.717) is 5.69 Å². The minimum absolute atomic E-state index is 0.269. The summed E-state index contributed by atoms with van der Waals surface area (Å²) in [6.45, 7) is 5.44. The highest BCUT2D eigenvalue weighted by Crippen LogP contribution is 2.22. The number of nitrogens with zero attached hydrogens (tertiary/aromatic N) is 2. The minimum Gasteiger partial charge on any atom is -0.475 e. The molecule has 1 heterocycles. The van der Waals surface area contributed by atoms with E-state index in [2.05, 4.69) is 9.97 Å². The molecule has 0 aliphatic heterocycles. The summed E-state index contributed by atoms with van der Waals surface area (Å²) < 4.78 is 22.8. The molecule has 0 aromatic carbocycles. The molecule has 0 spiro atoms. The van der Waals surface area contributed by atoms with Gasteiger partial charge in [0, 0.05) is 11.7 Å². The van der Waals surface area contributed by atoms with Crippen LogP contribution < -0.4 is 0 Å². The molecule has 7 heteroatoms. The Balaban J connectivity index is 3.56. The van der Waals surface area contributed by atoms with Crippen molar-refractivity contribution >= 4 is 15.8 Å². The van der Waals surface area contributed by atoms with Crippen LogP contribution in [0.4, 0.5) is 0 Å². The van der Waals surface area contributed by atoms with Crippen molar-refractivity contribution in [3.8, 4) is 0 Å². The first-order valence-electron chi connectivity index (χ1n) is 4.85. The normalized spacial score (nSPS) is 12.5. The Morgan fingerprint density at radius 3 is 2.18 bits per heavy atom. The molecule has 1 N–H and O–H groups in total. The van der Waals surface area contributed by atoms with Crippen LogP contribution >= 0.6 is 0 Å². The molecule has 94 valence electrons. The molecule has 0 aliphatic carbocycles. The average molecular weight is 258 g/mol. The van der Waals surface area contributed by atoms with E-state index in [-0.39, 0.29) is 5.03 Å². The molecule has 1 aromatic rings. The van der Waals surface area contributed by atoms with Crippen LogP contribution in [-0.2, 0) is 15.3 Å². The smallest absolute Gasteiger partial charge is 0.373 e. The zero-order valence-electron chi connectivity index (χ0n) is 10.1. The third-order valence-electron chi connectivity index (χ3n) is 2.04. The lowest BCUT2D eigenvalue weighted by Gasteiger charge is -2.18. The third-order valence-corrected chi connectivity index (χ3v) is 3.01. The van der Waals surface area contributed by atoms with Crippen molar-refractivity contribution in [2.45, 2.75) is 31.2 Å². The van der Waals surface area contributed by atoms with Crippen molar-refractivity contribution in [3.05, 3.63) is 17.6 Å². The second-order valence-corrected chi connectivity index (χ2v) is 6.70. The summed E-state index contributed by atoms with van der Waals surface area (Å²) in [6, 6.07) is 1.31. The summed E-state index contributed by atoms with van der Waals surface area (Å²) in [4.78, 5) is 18.2. The highest BCUT2D eigenvalue weighted by atomic mass is 32.2. The van der Waals surface area contributed by atoms with E-state index in [4.69, 9.17) is 5.11 Å². The first-order chi connectivity index (χ1) is 7.51. The molecule has 1 aromatic heterocycles. The molecule has 0 unspecified atom stereocenters. The number of carbonyl (C=O) groups is 1. The maximum absolute atomic E-state index is 11.4. The Labute approximate surface area is 99.6 Å². The number of aromatic nitrogens is 2. The minimum atomic E-state index is -3.56. The highest BCUT2D eigenvalue weighted by molar-refractivity contribution is 7.90. The fourth-order valence-corrected chi connectivity index (χ4v) is 1.67. The van der Waals surface area contributed by atoms with Gasteiger partial charge in [-0.05, 0) is 6.07 Å². The number of carboxylic acids is 1. The van der Waals surface area contributed by atoms with Crippen LogP contribution in [0.5, 0.6) is 0 Å². The SMILES string of the molecule is CC(C)(C)c1cc(S(C)(=O)=O)nc(C(=O)O)n1. The van der Waals surface area contributed by atoms with Gasteiger partial charge in [0.15, 0.2) is 14.9 Å². The average Bonchev–Trinajstić information content (AvgIpc) is 2.14. The summed E-state index contributed by atoms with van der Waals surface area (Å²) in [5.41, 5.74) is -0.0719. The van der Waals surface area contributed by atoms with Crippen LogP contribution in [0.25, 0.3) is 0 Å². The van der Waals surface area contributed by atoms with Crippen molar-refractivity contribution < 1.29 is 18.3 Å². The Morgan fingerprint density at radius 1 is 1.29 bits per heavy atom. The lowest BCUT2D eigenvalue weighted by atomic mass is 9.92. The van der Waals surface area contributed by atoms with Crippen molar-refractivity contribution in [2.75, 3.05) is 6.26 Å². The second-order valence-electron chi connectivity index (χ2n) is 4.74. The standard InChI is InChI=1S/C10H14N2O4S/c1-10(2,3)6-5-7(17(4,15)16)12-8(11-6)9(13)14/h5H,1-4H3,(H,13,14). The van der Waals surface area contributed by atoms with Gasteiger partial charge >= 0.3 is 5.97 Å². The van der Waals surface area contributed by atoms with E-state index >= 15 is 0 Å². The zero-order chi connectivity index (χ0) is 13.4. The summed E-state index contributed by atoms with van der Waals surface area (Å²) in [5.74, 6) is -1.85. The number of hydrogen-bond acceptors (Lipinski definition) is 5. The van der Waals surface area contributed by atoms with Crippen molar-refractivity contribution in [2.24, 2.45) is 0 Å².